The predicted octanol–water partition coefficient (Wildman–Crippen LogP) is 6.04. The van der Waals surface area contributed by atoms with Gasteiger partial charge in [-0.1, -0.05) is 57.9 Å². The molecule has 0 heterocycles. The number of hydrogen-bond acceptors (Lipinski definition) is 1. The average Bonchev–Trinajstić information content (AvgIpc) is 2.76. The smallest absolute Gasteiger partial charge is 0.0594 e. The van der Waals surface area contributed by atoms with Gasteiger partial charge >= 0.3 is 0 Å². The second-order valence-corrected chi connectivity index (χ2v) is 10.6. The summed E-state index contributed by atoms with van der Waals surface area (Å²) >= 11 is 0. The van der Waals surface area contributed by atoms with Crippen LogP contribution in [0.1, 0.15) is 86.0 Å². The third-order valence-electron chi connectivity index (χ3n) is 9.67. The maximum Gasteiger partial charge on any atom is 0.0594 e. The Morgan fingerprint density at radius 2 is 1.50 bits per heavy atom. The molecule has 0 radical (unpaired) electrons. The zero-order valence-electron chi connectivity index (χ0n) is 16.5. The van der Waals surface area contributed by atoms with Crippen LogP contribution < -0.4 is 0 Å². The van der Waals surface area contributed by atoms with Crippen molar-refractivity contribution in [3.8, 4) is 0 Å². The highest BCUT2D eigenvalue weighted by atomic mass is 16.3. The molecule has 24 heavy (non-hydrogen) atoms. The molecule has 0 aromatic rings. The average molecular weight is 329 g/mol. The molecule has 0 aromatic carbocycles. The Morgan fingerprint density at radius 1 is 0.833 bits per heavy atom. The Bertz CT molecular complexity index is 626. The molecule has 0 aliphatic heterocycles. The van der Waals surface area contributed by atoms with Gasteiger partial charge in [0.05, 0.1) is 6.10 Å². The lowest BCUT2D eigenvalue weighted by Gasteiger charge is -2.61. The summed E-state index contributed by atoms with van der Waals surface area (Å²) in [6.45, 7) is 16.7. The number of fused-ring (bicyclic) bond motifs is 4. The summed E-state index contributed by atoms with van der Waals surface area (Å²) in [6.07, 6.45) is 9.59. The van der Waals surface area contributed by atoms with Crippen LogP contribution in [0.25, 0.3) is 0 Å². The van der Waals surface area contributed by atoms with Gasteiger partial charge in [0.15, 0.2) is 0 Å². The van der Waals surface area contributed by atoms with Crippen LogP contribution in [0.4, 0.5) is 0 Å². The molecule has 134 valence electrons. The number of rotatable bonds is 0. The van der Waals surface area contributed by atoms with Crippen molar-refractivity contribution in [2.45, 2.75) is 92.1 Å². The third-order valence-corrected chi connectivity index (χ3v) is 9.67. The van der Waals surface area contributed by atoms with E-state index in [-0.39, 0.29) is 11.5 Å². The highest BCUT2D eigenvalue weighted by molar-refractivity contribution is 5.42. The molecule has 2 fully saturated rings. The topological polar surface area (TPSA) is 20.2 Å². The van der Waals surface area contributed by atoms with Crippen molar-refractivity contribution in [2.75, 3.05) is 0 Å². The summed E-state index contributed by atoms with van der Waals surface area (Å²) < 4.78 is 0. The number of aliphatic hydroxyl groups is 1. The van der Waals surface area contributed by atoms with Crippen molar-refractivity contribution in [1.82, 2.24) is 0 Å². The van der Waals surface area contributed by atoms with Crippen molar-refractivity contribution >= 4 is 0 Å². The molecule has 4 aliphatic carbocycles. The molecule has 4 rings (SSSR count). The van der Waals surface area contributed by atoms with E-state index >= 15 is 0 Å². The van der Waals surface area contributed by atoms with Gasteiger partial charge < -0.3 is 5.11 Å². The predicted molar refractivity (Wildman–Crippen MR) is 101 cm³/mol. The van der Waals surface area contributed by atoms with Crippen LogP contribution >= 0.6 is 0 Å². The van der Waals surface area contributed by atoms with Crippen molar-refractivity contribution in [3.05, 3.63) is 23.3 Å². The van der Waals surface area contributed by atoms with Crippen LogP contribution in [-0.4, -0.2) is 11.2 Å². The Kier molecular flexibility index (Phi) is 3.36. The first-order chi connectivity index (χ1) is 11.1. The fourth-order valence-electron chi connectivity index (χ4n) is 7.57. The molecule has 0 saturated heterocycles. The summed E-state index contributed by atoms with van der Waals surface area (Å²) in [4.78, 5) is 0. The largest absolute Gasteiger partial charge is 0.393 e. The highest BCUT2D eigenvalue weighted by Gasteiger charge is 2.61. The van der Waals surface area contributed by atoms with E-state index in [4.69, 9.17) is 0 Å². The molecule has 1 N–H and O–H groups in total. The van der Waals surface area contributed by atoms with E-state index in [1.165, 1.54) is 50.5 Å². The van der Waals surface area contributed by atoms with E-state index in [0.717, 1.165) is 6.42 Å². The van der Waals surface area contributed by atoms with Gasteiger partial charge in [0.25, 0.3) is 0 Å². The standard InChI is InChI=1S/C23H36O/c1-15-9-13-23(6)17-7-8-18-20(2,3)19(24)11-12-21(18,4)16(17)10-14-22(15,23)5/h18-19,24H,1,7-14H2,2-6H3. The van der Waals surface area contributed by atoms with Crippen LogP contribution in [0.5, 0.6) is 0 Å². The SMILES string of the molecule is C=C1CCC2(C)C3=C(CCC12C)C1(C)CCC(O)C(C)(C)C1CC3. The molecule has 2 saturated carbocycles. The molecular weight excluding hydrogens is 292 g/mol. The van der Waals surface area contributed by atoms with Crippen LogP contribution in [0.15, 0.2) is 23.3 Å². The van der Waals surface area contributed by atoms with E-state index < -0.39 is 0 Å². The zero-order chi connectivity index (χ0) is 17.5. The lowest BCUT2D eigenvalue weighted by atomic mass is 9.44. The van der Waals surface area contributed by atoms with Crippen molar-refractivity contribution in [3.63, 3.8) is 0 Å². The van der Waals surface area contributed by atoms with Gasteiger partial charge in [0, 0.05) is 0 Å². The van der Waals surface area contributed by atoms with Gasteiger partial charge in [-0.3, -0.25) is 0 Å². The Hall–Kier alpha value is -0.560. The van der Waals surface area contributed by atoms with Gasteiger partial charge in [-0.15, -0.1) is 0 Å². The van der Waals surface area contributed by atoms with Crippen LogP contribution in [0.3, 0.4) is 0 Å². The minimum atomic E-state index is -0.131. The fourth-order valence-corrected chi connectivity index (χ4v) is 7.57. The van der Waals surface area contributed by atoms with E-state index in [1.807, 2.05) is 0 Å². The number of aliphatic hydroxyl groups excluding tert-OH is 1. The van der Waals surface area contributed by atoms with Crippen molar-refractivity contribution in [2.24, 2.45) is 27.6 Å². The van der Waals surface area contributed by atoms with Crippen LogP contribution in [0.2, 0.25) is 0 Å². The minimum Gasteiger partial charge on any atom is -0.393 e. The number of allylic oxidation sites excluding steroid dienone is 3. The molecule has 5 atom stereocenters. The van der Waals surface area contributed by atoms with Gasteiger partial charge in [0.2, 0.25) is 0 Å². The third kappa shape index (κ3) is 1.76. The summed E-state index contributed by atoms with van der Waals surface area (Å²) in [7, 11) is 0. The van der Waals surface area contributed by atoms with Gasteiger partial charge in [0.1, 0.15) is 0 Å². The number of hydrogen-bond donors (Lipinski definition) is 1. The van der Waals surface area contributed by atoms with E-state index in [0.29, 0.717) is 22.2 Å². The summed E-state index contributed by atoms with van der Waals surface area (Å²) in [5.74, 6) is 0.630. The van der Waals surface area contributed by atoms with E-state index in [1.54, 1.807) is 11.1 Å². The quantitative estimate of drug-likeness (QED) is 0.538. The fraction of sp³-hybridized carbons (Fsp3) is 0.826. The maximum atomic E-state index is 10.6. The molecule has 4 aliphatic rings. The summed E-state index contributed by atoms with van der Waals surface area (Å²) in [5.41, 5.74) is 6.12. The summed E-state index contributed by atoms with van der Waals surface area (Å²) in [5, 5.41) is 10.6. The second kappa shape index (κ2) is 4.78. The van der Waals surface area contributed by atoms with E-state index in [2.05, 4.69) is 41.2 Å². The highest BCUT2D eigenvalue weighted by Crippen LogP contribution is 2.71. The second-order valence-electron chi connectivity index (χ2n) is 10.6. The Balaban J connectivity index is 1.84. The normalized spacial score (nSPS) is 50.3. The van der Waals surface area contributed by atoms with Crippen LogP contribution in [-0.2, 0) is 0 Å². The van der Waals surface area contributed by atoms with Gasteiger partial charge in [-0.25, -0.2) is 0 Å². The molecule has 5 unspecified atom stereocenters. The van der Waals surface area contributed by atoms with Crippen molar-refractivity contribution < 1.29 is 5.11 Å². The van der Waals surface area contributed by atoms with Gasteiger partial charge in [-0.2, -0.15) is 0 Å². The lowest BCUT2D eigenvalue weighted by molar-refractivity contribution is -0.0940. The summed E-state index contributed by atoms with van der Waals surface area (Å²) in [6, 6.07) is 0. The molecule has 0 spiro atoms. The zero-order valence-corrected chi connectivity index (χ0v) is 16.5. The first kappa shape index (κ1) is 16.9. The molecular formula is C23H36O. The molecule has 0 aromatic heterocycles. The Morgan fingerprint density at radius 3 is 2.21 bits per heavy atom. The minimum absolute atomic E-state index is 0.0481. The van der Waals surface area contributed by atoms with E-state index in [9.17, 15) is 5.11 Å². The van der Waals surface area contributed by atoms with Crippen molar-refractivity contribution in [1.29, 1.82) is 0 Å². The Labute approximate surface area is 148 Å². The molecule has 0 bridgehead atoms. The first-order valence-electron chi connectivity index (χ1n) is 10.2. The van der Waals surface area contributed by atoms with Gasteiger partial charge in [-0.05, 0) is 78.9 Å². The molecule has 1 heteroatoms. The van der Waals surface area contributed by atoms with Crippen LogP contribution in [0, 0.1) is 27.6 Å². The lowest BCUT2D eigenvalue weighted by Crippen LogP contribution is -2.54. The first-order valence-corrected chi connectivity index (χ1v) is 10.2. The molecule has 1 nitrogen and oxygen atoms in total. The monoisotopic (exact) mass is 328 g/mol. The maximum absolute atomic E-state index is 10.6. The molecule has 0 amide bonds.